The Morgan fingerprint density at radius 1 is 0.923 bits per heavy atom. The molecule has 0 fully saturated rings. The second-order valence-electron chi connectivity index (χ2n) is 5.89. The zero-order valence-corrected chi connectivity index (χ0v) is 14.6. The maximum absolute atomic E-state index is 12.6. The lowest BCUT2D eigenvalue weighted by molar-refractivity contribution is 0.580. The fourth-order valence-corrected chi connectivity index (χ4v) is 3.81. The van der Waals surface area contributed by atoms with Crippen molar-refractivity contribution in [2.75, 3.05) is 0 Å². The third-order valence-corrected chi connectivity index (χ3v) is 5.50. The summed E-state index contributed by atoms with van der Waals surface area (Å²) in [6.45, 7) is 0.150. The quantitative estimate of drug-likeness (QED) is 0.581. The molecule has 0 amide bonds. The van der Waals surface area contributed by atoms with Crippen LogP contribution in [0.25, 0.3) is 22.1 Å². The molecule has 1 N–H and O–H groups in total. The predicted octanol–water partition coefficient (Wildman–Crippen LogP) is 3.97. The number of fused-ring (bicyclic) bond motifs is 1. The Bertz CT molecular complexity index is 1150. The van der Waals surface area contributed by atoms with Gasteiger partial charge in [-0.1, -0.05) is 30.3 Å². The second-order valence-corrected chi connectivity index (χ2v) is 7.66. The zero-order valence-electron chi connectivity index (χ0n) is 13.8. The highest BCUT2D eigenvalue weighted by Gasteiger charge is 2.14. The van der Waals surface area contributed by atoms with E-state index in [9.17, 15) is 8.42 Å². The van der Waals surface area contributed by atoms with Gasteiger partial charge in [0.2, 0.25) is 10.0 Å². The molecule has 0 aliphatic rings. The molecule has 0 atom stereocenters. The van der Waals surface area contributed by atoms with E-state index in [1.54, 1.807) is 36.9 Å². The van der Waals surface area contributed by atoms with Crippen LogP contribution in [0.3, 0.4) is 0 Å². The highest BCUT2D eigenvalue weighted by atomic mass is 32.2. The third-order valence-electron chi connectivity index (χ3n) is 4.10. The van der Waals surface area contributed by atoms with Crippen LogP contribution in [0, 0.1) is 0 Å². The molecule has 0 saturated carbocycles. The molecule has 26 heavy (non-hydrogen) atoms. The van der Waals surface area contributed by atoms with Crippen LogP contribution in [0.5, 0.6) is 0 Å². The van der Waals surface area contributed by atoms with Crippen molar-refractivity contribution in [3.05, 3.63) is 84.9 Å². The van der Waals surface area contributed by atoms with Crippen LogP contribution in [-0.2, 0) is 16.6 Å². The van der Waals surface area contributed by atoms with Crippen molar-refractivity contribution in [3.63, 3.8) is 0 Å². The molecular formula is C20H16N2O3S. The topological polar surface area (TPSA) is 72.2 Å². The standard InChI is InChI=1S/C20H16N2O3S/c23-26(24,19-8-7-16-4-1-2-5-17(16)11-19)22-13-15-10-18(14-21-12-15)20-6-3-9-25-20/h1-12,14,22H,13H2. The lowest BCUT2D eigenvalue weighted by Crippen LogP contribution is -2.23. The number of nitrogens with zero attached hydrogens (tertiary/aromatic N) is 1. The Hall–Kier alpha value is -2.96. The average molecular weight is 364 g/mol. The van der Waals surface area contributed by atoms with Gasteiger partial charge in [0.15, 0.2) is 0 Å². The second kappa shape index (κ2) is 6.74. The van der Waals surface area contributed by atoms with Gasteiger partial charge in [-0.3, -0.25) is 4.98 Å². The van der Waals surface area contributed by atoms with Gasteiger partial charge in [0.1, 0.15) is 5.76 Å². The van der Waals surface area contributed by atoms with Crippen molar-refractivity contribution in [2.45, 2.75) is 11.4 Å². The van der Waals surface area contributed by atoms with Crippen LogP contribution in [0.1, 0.15) is 5.56 Å². The van der Waals surface area contributed by atoms with E-state index in [2.05, 4.69) is 9.71 Å². The van der Waals surface area contributed by atoms with Crippen molar-refractivity contribution in [1.29, 1.82) is 0 Å². The Balaban J connectivity index is 1.55. The van der Waals surface area contributed by atoms with Crippen LogP contribution in [0.2, 0.25) is 0 Å². The Morgan fingerprint density at radius 2 is 1.77 bits per heavy atom. The minimum atomic E-state index is -3.62. The maximum atomic E-state index is 12.6. The van der Waals surface area contributed by atoms with Crippen LogP contribution < -0.4 is 4.72 Å². The van der Waals surface area contributed by atoms with Gasteiger partial charge >= 0.3 is 0 Å². The molecule has 0 saturated heterocycles. The maximum Gasteiger partial charge on any atom is 0.240 e. The molecule has 2 heterocycles. The summed E-state index contributed by atoms with van der Waals surface area (Å²) in [7, 11) is -3.62. The summed E-state index contributed by atoms with van der Waals surface area (Å²) in [4.78, 5) is 4.40. The molecule has 0 radical (unpaired) electrons. The zero-order chi connectivity index (χ0) is 18.0. The van der Waals surface area contributed by atoms with Crippen LogP contribution in [0.4, 0.5) is 0 Å². The number of furan rings is 1. The summed E-state index contributed by atoms with van der Waals surface area (Å²) < 4.78 is 33.2. The van der Waals surface area contributed by atoms with E-state index in [4.69, 9.17) is 4.42 Å². The molecule has 6 heteroatoms. The molecule has 0 spiro atoms. The lowest BCUT2D eigenvalue weighted by atomic mass is 10.1. The number of nitrogens with one attached hydrogen (secondary N) is 1. The highest BCUT2D eigenvalue weighted by molar-refractivity contribution is 7.89. The lowest BCUT2D eigenvalue weighted by Gasteiger charge is -2.08. The van der Waals surface area contributed by atoms with Gasteiger partial charge in [-0.2, -0.15) is 0 Å². The fraction of sp³-hybridized carbons (Fsp3) is 0.0500. The van der Waals surface area contributed by atoms with Crippen molar-refractivity contribution in [2.24, 2.45) is 0 Å². The predicted molar refractivity (Wildman–Crippen MR) is 99.9 cm³/mol. The Kier molecular flexibility index (Phi) is 4.28. The van der Waals surface area contributed by atoms with Crippen molar-refractivity contribution in [1.82, 2.24) is 9.71 Å². The first-order chi connectivity index (χ1) is 12.6. The Labute approximate surface area is 151 Å². The van der Waals surface area contributed by atoms with Crippen LogP contribution >= 0.6 is 0 Å². The monoisotopic (exact) mass is 364 g/mol. The summed E-state index contributed by atoms with van der Waals surface area (Å²) in [5.74, 6) is 0.691. The highest BCUT2D eigenvalue weighted by Crippen LogP contribution is 2.21. The van der Waals surface area contributed by atoms with Crippen molar-refractivity contribution in [3.8, 4) is 11.3 Å². The molecule has 0 aliphatic carbocycles. The van der Waals surface area contributed by atoms with E-state index in [0.29, 0.717) is 5.76 Å². The van der Waals surface area contributed by atoms with Gasteiger partial charge < -0.3 is 4.42 Å². The van der Waals surface area contributed by atoms with E-state index >= 15 is 0 Å². The van der Waals surface area contributed by atoms with Crippen molar-refractivity contribution < 1.29 is 12.8 Å². The number of hydrogen-bond donors (Lipinski definition) is 1. The molecule has 2 aromatic carbocycles. The first-order valence-electron chi connectivity index (χ1n) is 8.08. The Morgan fingerprint density at radius 3 is 2.58 bits per heavy atom. The van der Waals surface area contributed by atoms with Gasteiger partial charge in [0, 0.05) is 24.5 Å². The van der Waals surface area contributed by atoms with Gasteiger partial charge in [0.05, 0.1) is 11.2 Å². The number of pyridine rings is 1. The smallest absolute Gasteiger partial charge is 0.240 e. The summed E-state index contributed by atoms with van der Waals surface area (Å²) in [6.07, 6.45) is 4.90. The number of rotatable bonds is 5. The molecule has 0 aliphatic heterocycles. The molecular weight excluding hydrogens is 348 g/mol. The minimum absolute atomic E-state index is 0.150. The van der Waals surface area contributed by atoms with E-state index in [1.165, 1.54) is 0 Å². The molecule has 2 aromatic heterocycles. The first kappa shape index (κ1) is 16.5. The molecule has 130 valence electrons. The van der Waals surface area contributed by atoms with E-state index in [0.717, 1.165) is 21.9 Å². The number of sulfonamides is 1. The van der Waals surface area contributed by atoms with Gasteiger partial charge in [-0.05, 0) is 46.7 Å². The number of aromatic nitrogens is 1. The van der Waals surface area contributed by atoms with Crippen molar-refractivity contribution >= 4 is 20.8 Å². The van der Waals surface area contributed by atoms with Crippen LogP contribution in [-0.4, -0.2) is 13.4 Å². The van der Waals surface area contributed by atoms with E-state index < -0.39 is 10.0 Å². The molecule has 4 rings (SSSR count). The minimum Gasteiger partial charge on any atom is -0.464 e. The van der Waals surface area contributed by atoms with E-state index in [1.807, 2.05) is 42.5 Å². The summed E-state index contributed by atoms with van der Waals surface area (Å²) in [6, 6.07) is 18.2. The van der Waals surface area contributed by atoms with Crippen LogP contribution in [0.15, 0.2) is 88.6 Å². The van der Waals surface area contributed by atoms with E-state index in [-0.39, 0.29) is 11.4 Å². The summed E-state index contributed by atoms with van der Waals surface area (Å²) >= 11 is 0. The molecule has 0 unspecified atom stereocenters. The summed E-state index contributed by atoms with van der Waals surface area (Å²) in [5, 5.41) is 1.89. The SMILES string of the molecule is O=S(=O)(NCc1cncc(-c2ccco2)c1)c1ccc2ccccc2c1. The van der Waals surface area contributed by atoms with Gasteiger partial charge in [-0.25, -0.2) is 13.1 Å². The number of benzene rings is 2. The summed E-state index contributed by atoms with van der Waals surface area (Å²) in [5.41, 5.74) is 1.56. The average Bonchev–Trinajstić information content (AvgIpc) is 3.21. The number of hydrogen-bond acceptors (Lipinski definition) is 4. The molecule has 5 nitrogen and oxygen atoms in total. The normalized spacial score (nSPS) is 11.7. The third kappa shape index (κ3) is 3.37. The molecule has 0 bridgehead atoms. The van der Waals surface area contributed by atoms with Gasteiger partial charge in [-0.15, -0.1) is 0 Å². The van der Waals surface area contributed by atoms with Gasteiger partial charge in [0.25, 0.3) is 0 Å². The largest absolute Gasteiger partial charge is 0.464 e. The fourth-order valence-electron chi connectivity index (χ4n) is 2.76. The first-order valence-corrected chi connectivity index (χ1v) is 9.56. The molecule has 4 aromatic rings.